The van der Waals surface area contributed by atoms with E-state index in [2.05, 4.69) is 15.7 Å². The number of rotatable bonds is 4. The van der Waals surface area contributed by atoms with Crippen LogP contribution >= 0.6 is 11.6 Å². The molecule has 0 saturated carbocycles. The summed E-state index contributed by atoms with van der Waals surface area (Å²) >= 11 is 5.74. The molecule has 0 aliphatic heterocycles. The average molecular weight is 400 g/mol. The summed E-state index contributed by atoms with van der Waals surface area (Å²) in [4.78, 5) is 34.9. The van der Waals surface area contributed by atoms with Gasteiger partial charge in [-0.15, -0.1) is 0 Å². The second kappa shape index (κ2) is 7.89. The first-order chi connectivity index (χ1) is 13.4. The summed E-state index contributed by atoms with van der Waals surface area (Å²) in [7, 11) is 0. The summed E-state index contributed by atoms with van der Waals surface area (Å²) in [5, 5.41) is 19.8. The van der Waals surface area contributed by atoms with Gasteiger partial charge in [-0.05, 0) is 31.2 Å². The maximum Gasteiger partial charge on any atom is 0.326 e. The number of nitro benzene ring substituents is 1. The van der Waals surface area contributed by atoms with E-state index in [1.165, 1.54) is 18.3 Å². The van der Waals surface area contributed by atoms with Crippen LogP contribution in [-0.2, 0) is 0 Å². The highest BCUT2D eigenvalue weighted by Gasteiger charge is 2.20. The third-order valence-electron chi connectivity index (χ3n) is 3.89. The first kappa shape index (κ1) is 19.1. The van der Waals surface area contributed by atoms with Crippen molar-refractivity contribution in [1.29, 1.82) is 0 Å². The Kier molecular flexibility index (Phi) is 5.37. The Balaban J connectivity index is 1.75. The molecular formula is C18H14ClN5O4. The van der Waals surface area contributed by atoms with E-state index < -0.39 is 16.9 Å². The number of carbonyl (C=O) groups is 2. The van der Waals surface area contributed by atoms with E-state index in [1.54, 1.807) is 11.6 Å². The lowest BCUT2D eigenvalue weighted by Gasteiger charge is -2.08. The number of halogens is 1. The Morgan fingerprint density at radius 3 is 2.57 bits per heavy atom. The fourth-order valence-electron chi connectivity index (χ4n) is 2.55. The van der Waals surface area contributed by atoms with Gasteiger partial charge in [-0.25, -0.2) is 9.48 Å². The molecule has 0 fully saturated rings. The number of nitrogens with one attached hydrogen (secondary N) is 2. The summed E-state index contributed by atoms with van der Waals surface area (Å²) in [6.45, 7) is 1.69. The molecule has 1 aromatic heterocycles. The lowest BCUT2D eigenvalue weighted by atomic mass is 10.2. The normalized spacial score (nSPS) is 10.4. The van der Waals surface area contributed by atoms with Crippen molar-refractivity contribution in [1.82, 2.24) is 15.1 Å². The zero-order chi connectivity index (χ0) is 20.3. The van der Waals surface area contributed by atoms with Crippen LogP contribution in [0, 0.1) is 17.0 Å². The molecule has 0 aliphatic rings. The number of imide groups is 1. The van der Waals surface area contributed by atoms with Gasteiger partial charge in [0, 0.05) is 11.1 Å². The van der Waals surface area contributed by atoms with E-state index in [0.717, 1.165) is 11.8 Å². The highest BCUT2D eigenvalue weighted by atomic mass is 35.5. The van der Waals surface area contributed by atoms with Crippen LogP contribution in [0.25, 0.3) is 5.69 Å². The van der Waals surface area contributed by atoms with E-state index >= 15 is 0 Å². The largest absolute Gasteiger partial charge is 0.326 e. The molecule has 0 spiro atoms. The van der Waals surface area contributed by atoms with Crippen molar-refractivity contribution < 1.29 is 14.5 Å². The monoisotopic (exact) mass is 399 g/mol. The highest BCUT2D eigenvalue weighted by Crippen LogP contribution is 2.27. The van der Waals surface area contributed by atoms with E-state index in [4.69, 9.17) is 11.6 Å². The number of benzene rings is 2. The fraction of sp³-hybridized carbons (Fsp3) is 0.0556. The van der Waals surface area contributed by atoms with Gasteiger partial charge in [0.1, 0.15) is 5.69 Å². The van der Waals surface area contributed by atoms with Crippen LogP contribution in [0.15, 0.2) is 54.7 Å². The van der Waals surface area contributed by atoms with Crippen LogP contribution in [0.1, 0.15) is 16.1 Å². The number of anilines is 1. The maximum absolute atomic E-state index is 12.4. The number of nitrogens with zero attached hydrogens (tertiary/aromatic N) is 3. The predicted octanol–water partition coefficient (Wildman–Crippen LogP) is 3.70. The lowest BCUT2D eigenvalue weighted by molar-refractivity contribution is -0.383. The molecular weight excluding hydrogens is 386 g/mol. The van der Waals surface area contributed by atoms with Crippen molar-refractivity contribution in [2.24, 2.45) is 0 Å². The van der Waals surface area contributed by atoms with Gasteiger partial charge >= 0.3 is 6.03 Å². The molecule has 0 unspecified atom stereocenters. The molecule has 3 aromatic rings. The van der Waals surface area contributed by atoms with Crippen molar-refractivity contribution in [3.63, 3.8) is 0 Å². The Bertz CT molecular complexity index is 1070. The predicted molar refractivity (Wildman–Crippen MR) is 103 cm³/mol. The van der Waals surface area contributed by atoms with Crippen LogP contribution in [0.5, 0.6) is 0 Å². The number of carbonyl (C=O) groups excluding carboxylic acids is 2. The number of amides is 3. The summed E-state index contributed by atoms with van der Waals surface area (Å²) in [5.74, 6) is -0.686. The van der Waals surface area contributed by atoms with Gasteiger partial charge in [0.25, 0.3) is 11.6 Å². The second-order valence-corrected chi connectivity index (χ2v) is 6.15. The molecule has 0 saturated heterocycles. The van der Waals surface area contributed by atoms with E-state index in [0.29, 0.717) is 5.69 Å². The minimum atomic E-state index is -0.915. The summed E-state index contributed by atoms with van der Waals surface area (Å²) in [5.41, 5.74) is 1.03. The number of urea groups is 1. The zero-order valence-electron chi connectivity index (χ0n) is 14.5. The number of para-hydroxylation sites is 1. The Hall–Kier alpha value is -3.72. The summed E-state index contributed by atoms with van der Waals surface area (Å²) < 4.78 is 1.57. The Morgan fingerprint density at radius 1 is 1.18 bits per heavy atom. The van der Waals surface area contributed by atoms with Gasteiger partial charge in [-0.3, -0.25) is 20.2 Å². The SMILES string of the molecule is Cc1c(C(=O)NC(=O)Nc2ccc(Cl)cc2[N+](=O)[O-])cnn1-c1ccccc1. The zero-order valence-corrected chi connectivity index (χ0v) is 15.3. The third-order valence-corrected chi connectivity index (χ3v) is 4.12. The van der Waals surface area contributed by atoms with Gasteiger partial charge < -0.3 is 5.32 Å². The number of hydrogen-bond acceptors (Lipinski definition) is 5. The minimum absolute atomic E-state index is 0.0867. The van der Waals surface area contributed by atoms with Crippen LogP contribution in [0.2, 0.25) is 5.02 Å². The number of aromatic nitrogens is 2. The summed E-state index contributed by atoms with van der Waals surface area (Å²) in [6, 6.07) is 12.0. The quantitative estimate of drug-likeness (QED) is 0.512. The van der Waals surface area contributed by atoms with Crippen LogP contribution in [-0.4, -0.2) is 26.6 Å². The van der Waals surface area contributed by atoms with E-state index in [9.17, 15) is 19.7 Å². The lowest BCUT2D eigenvalue weighted by Crippen LogP contribution is -2.34. The van der Waals surface area contributed by atoms with Crippen LogP contribution < -0.4 is 10.6 Å². The van der Waals surface area contributed by atoms with Gasteiger partial charge in [-0.2, -0.15) is 5.10 Å². The maximum atomic E-state index is 12.4. The van der Waals surface area contributed by atoms with Crippen molar-refractivity contribution in [2.75, 3.05) is 5.32 Å². The third kappa shape index (κ3) is 3.99. The molecule has 2 aromatic carbocycles. The Morgan fingerprint density at radius 2 is 1.89 bits per heavy atom. The van der Waals surface area contributed by atoms with Crippen molar-refractivity contribution in [3.8, 4) is 5.69 Å². The standard InChI is InChI=1S/C18H14ClN5O4/c1-11-14(10-20-23(11)13-5-3-2-4-6-13)17(25)22-18(26)21-15-8-7-12(19)9-16(15)24(27)28/h2-10H,1H3,(H2,21,22,25,26). The van der Waals surface area contributed by atoms with Gasteiger partial charge in [0.15, 0.2) is 0 Å². The van der Waals surface area contributed by atoms with Gasteiger partial charge in [0.2, 0.25) is 0 Å². The first-order valence-electron chi connectivity index (χ1n) is 8.03. The highest BCUT2D eigenvalue weighted by molar-refractivity contribution is 6.31. The molecule has 3 rings (SSSR count). The minimum Gasteiger partial charge on any atom is -0.302 e. The molecule has 9 nitrogen and oxygen atoms in total. The molecule has 2 N–H and O–H groups in total. The molecule has 0 atom stereocenters. The number of nitro groups is 1. The molecule has 28 heavy (non-hydrogen) atoms. The molecule has 10 heteroatoms. The smallest absolute Gasteiger partial charge is 0.302 e. The molecule has 142 valence electrons. The fourth-order valence-corrected chi connectivity index (χ4v) is 2.71. The van der Waals surface area contributed by atoms with Gasteiger partial charge in [-0.1, -0.05) is 29.8 Å². The van der Waals surface area contributed by atoms with E-state index in [1.807, 2.05) is 30.3 Å². The molecule has 0 bridgehead atoms. The molecule has 1 heterocycles. The van der Waals surface area contributed by atoms with Crippen molar-refractivity contribution >= 4 is 34.9 Å². The van der Waals surface area contributed by atoms with Crippen molar-refractivity contribution in [2.45, 2.75) is 6.92 Å². The van der Waals surface area contributed by atoms with Gasteiger partial charge in [0.05, 0.1) is 28.1 Å². The summed E-state index contributed by atoms with van der Waals surface area (Å²) in [6.07, 6.45) is 1.34. The molecule has 3 amide bonds. The average Bonchev–Trinajstić information content (AvgIpc) is 3.05. The first-order valence-corrected chi connectivity index (χ1v) is 8.41. The van der Waals surface area contributed by atoms with Crippen LogP contribution in [0.4, 0.5) is 16.2 Å². The molecule has 0 radical (unpaired) electrons. The van der Waals surface area contributed by atoms with E-state index in [-0.39, 0.29) is 22.0 Å². The van der Waals surface area contributed by atoms with Crippen molar-refractivity contribution in [3.05, 3.63) is 81.1 Å². The second-order valence-electron chi connectivity index (χ2n) is 5.72. The topological polar surface area (TPSA) is 119 Å². The Labute approximate surface area is 164 Å². The van der Waals surface area contributed by atoms with Crippen LogP contribution in [0.3, 0.4) is 0 Å². The number of hydrogen-bond donors (Lipinski definition) is 2. The molecule has 0 aliphatic carbocycles.